The fourth-order valence-corrected chi connectivity index (χ4v) is 2.97. The van der Waals surface area contributed by atoms with Gasteiger partial charge in [0, 0.05) is 24.5 Å². The molecule has 1 aromatic carbocycles. The molecule has 0 aliphatic rings. The lowest BCUT2D eigenvalue weighted by Crippen LogP contribution is -2.38. The fourth-order valence-electron chi connectivity index (χ4n) is 2.97. The molecule has 0 aliphatic carbocycles. The van der Waals surface area contributed by atoms with Crippen LogP contribution in [0.15, 0.2) is 58.2 Å². The Morgan fingerprint density at radius 1 is 1.26 bits per heavy atom. The molecule has 0 radical (unpaired) electrons. The van der Waals surface area contributed by atoms with Gasteiger partial charge >= 0.3 is 0 Å². The van der Waals surface area contributed by atoms with Gasteiger partial charge in [-0.3, -0.25) is 0 Å². The van der Waals surface area contributed by atoms with Crippen molar-refractivity contribution < 1.29 is 4.42 Å². The molecule has 6 nitrogen and oxygen atoms in total. The highest BCUT2D eigenvalue weighted by atomic mass is 16.3. The molecule has 1 unspecified atom stereocenters. The van der Waals surface area contributed by atoms with Crippen molar-refractivity contribution in [2.75, 3.05) is 6.54 Å². The normalized spacial score (nSPS) is 12.8. The standard InChI is InChI=1S/C21H27N5O/c1-5-22-21(23-14-19-12-15(2)27-17(19)4)25-16(3)18-8-6-9-20(13-18)26-11-7-10-24-26/h6-13,16H,5,14H2,1-4H3,(H2,22,23,25). The van der Waals surface area contributed by atoms with E-state index in [1.807, 2.05) is 49.0 Å². The topological polar surface area (TPSA) is 67.4 Å². The summed E-state index contributed by atoms with van der Waals surface area (Å²) in [6, 6.07) is 12.4. The van der Waals surface area contributed by atoms with Crippen LogP contribution in [0.25, 0.3) is 5.69 Å². The van der Waals surface area contributed by atoms with Crippen LogP contribution in [0.1, 0.15) is 42.5 Å². The van der Waals surface area contributed by atoms with Gasteiger partial charge in [-0.25, -0.2) is 9.67 Å². The molecule has 0 bridgehead atoms. The highest BCUT2D eigenvalue weighted by Crippen LogP contribution is 2.17. The third kappa shape index (κ3) is 4.78. The molecule has 3 aromatic rings. The highest BCUT2D eigenvalue weighted by Gasteiger charge is 2.10. The first-order chi connectivity index (χ1) is 13.1. The van der Waals surface area contributed by atoms with Gasteiger partial charge in [0.1, 0.15) is 11.5 Å². The summed E-state index contributed by atoms with van der Waals surface area (Å²) in [7, 11) is 0. The first-order valence-electron chi connectivity index (χ1n) is 9.27. The van der Waals surface area contributed by atoms with E-state index >= 15 is 0 Å². The summed E-state index contributed by atoms with van der Waals surface area (Å²) in [4.78, 5) is 4.71. The molecule has 1 atom stereocenters. The molecule has 6 heteroatoms. The van der Waals surface area contributed by atoms with Gasteiger partial charge in [-0.05, 0) is 57.5 Å². The van der Waals surface area contributed by atoms with Crippen molar-refractivity contribution in [3.63, 3.8) is 0 Å². The number of hydrogen-bond donors (Lipinski definition) is 2. The monoisotopic (exact) mass is 365 g/mol. The summed E-state index contributed by atoms with van der Waals surface area (Å²) in [5.74, 6) is 2.62. The van der Waals surface area contributed by atoms with Crippen LogP contribution in [0, 0.1) is 13.8 Å². The minimum Gasteiger partial charge on any atom is -0.466 e. The minimum absolute atomic E-state index is 0.102. The van der Waals surface area contributed by atoms with Crippen molar-refractivity contribution in [3.05, 3.63) is 71.4 Å². The van der Waals surface area contributed by atoms with Crippen LogP contribution >= 0.6 is 0 Å². The quantitative estimate of drug-likeness (QED) is 0.514. The van der Waals surface area contributed by atoms with Crippen molar-refractivity contribution in [2.24, 2.45) is 4.99 Å². The van der Waals surface area contributed by atoms with Gasteiger partial charge in [-0.2, -0.15) is 5.10 Å². The smallest absolute Gasteiger partial charge is 0.192 e. The molecule has 0 fully saturated rings. The van der Waals surface area contributed by atoms with Crippen molar-refractivity contribution >= 4 is 5.96 Å². The molecule has 2 heterocycles. The first kappa shape index (κ1) is 18.8. The summed E-state index contributed by atoms with van der Waals surface area (Å²) in [5, 5.41) is 11.1. The van der Waals surface area contributed by atoms with Gasteiger partial charge in [-0.1, -0.05) is 12.1 Å². The van der Waals surface area contributed by atoms with Gasteiger partial charge in [0.2, 0.25) is 0 Å². The average molecular weight is 365 g/mol. The number of guanidine groups is 1. The number of furan rings is 1. The van der Waals surface area contributed by atoms with Gasteiger partial charge < -0.3 is 15.1 Å². The maximum absolute atomic E-state index is 5.59. The second kappa shape index (κ2) is 8.58. The van der Waals surface area contributed by atoms with Crippen LogP contribution < -0.4 is 10.6 Å². The van der Waals surface area contributed by atoms with Gasteiger partial charge in [0.15, 0.2) is 5.96 Å². The SMILES string of the molecule is CCNC(=NCc1cc(C)oc1C)NC(C)c1cccc(-n2cccn2)c1. The largest absolute Gasteiger partial charge is 0.466 e. The van der Waals surface area contributed by atoms with Gasteiger partial charge in [-0.15, -0.1) is 0 Å². The molecule has 27 heavy (non-hydrogen) atoms. The number of hydrogen-bond acceptors (Lipinski definition) is 3. The predicted octanol–water partition coefficient (Wildman–Crippen LogP) is 3.90. The van der Waals surface area contributed by atoms with E-state index < -0.39 is 0 Å². The van der Waals surface area contributed by atoms with Crippen molar-refractivity contribution in [1.82, 2.24) is 20.4 Å². The number of aryl methyl sites for hydroxylation is 2. The number of aliphatic imine (C=N–C) groups is 1. The van der Waals surface area contributed by atoms with Crippen LogP contribution in [-0.2, 0) is 6.54 Å². The molecule has 142 valence electrons. The summed E-state index contributed by atoms with van der Waals surface area (Å²) >= 11 is 0. The van der Waals surface area contributed by atoms with Crippen LogP contribution in [0.3, 0.4) is 0 Å². The third-order valence-electron chi connectivity index (χ3n) is 4.39. The second-order valence-electron chi connectivity index (χ2n) is 6.55. The maximum atomic E-state index is 5.59. The van der Waals surface area contributed by atoms with Crippen LogP contribution in [0.2, 0.25) is 0 Å². The fraction of sp³-hybridized carbons (Fsp3) is 0.333. The van der Waals surface area contributed by atoms with E-state index in [1.165, 1.54) is 5.56 Å². The Morgan fingerprint density at radius 2 is 2.11 bits per heavy atom. The number of nitrogens with one attached hydrogen (secondary N) is 2. The molecule has 2 aromatic heterocycles. The summed E-state index contributed by atoms with van der Waals surface area (Å²) in [6.45, 7) is 9.50. The number of nitrogens with zero attached hydrogens (tertiary/aromatic N) is 3. The Labute approximate surface area is 160 Å². The van der Waals surface area contributed by atoms with E-state index in [0.29, 0.717) is 6.54 Å². The lowest BCUT2D eigenvalue weighted by Gasteiger charge is -2.19. The number of benzene rings is 1. The average Bonchev–Trinajstić information content (AvgIpc) is 3.29. The maximum Gasteiger partial charge on any atom is 0.192 e. The zero-order chi connectivity index (χ0) is 19.2. The van der Waals surface area contributed by atoms with E-state index in [9.17, 15) is 0 Å². The zero-order valence-electron chi connectivity index (χ0n) is 16.4. The lowest BCUT2D eigenvalue weighted by atomic mass is 10.1. The molecule has 0 saturated heterocycles. The van der Waals surface area contributed by atoms with Gasteiger partial charge in [0.05, 0.1) is 18.3 Å². The molecule has 0 saturated carbocycles. The Hall–Kier alpha value is -3.02. The second-order valence-corrected chi connectivity index (χ2v) is 6.55. The Morgan fingerprint density at radius 3 is 2.78 bits per heavy atom. The molecular weight excluding hydrogens is 338 g/mol. The van der Waals surface area contributed by atoms with Gasteiger partial charge in [0.25, 0.3) is 0 Å². The lowest BCUT2D eigenvalue weighted by molar-refractivity contribution is 0.501. The van der Waals surface area contributed by atoms with Crippen molar-refractivity contribution in [2.45, 2.75) is 40.3 Å². The zero-order valence-corrected chi connectivity index (χ0v) is 16.4. The molecule has 0 aliphatic heterocycles. The van der Waals surface area contributed by atoms with E-state index in [4.69, 9.17) is 9.41 Å². The highest BCUT2D eigenvalue weighted by molar-refractivity contribution is 5.80. The molecule has 3 rings (SSSR count). The summed E-state index contributed by atoms with van der Waals surface area (Å²) in [5.41, 5.74) is 3.32. The number of rotatable bonds is 6. The van der Waals surface area contributed by atoms with Crippen LogP contribution in [-0.4, -0.2) is 22.3 Å². The summed E-state index contributed by atoms with van der Waals surface area (Å²) in [6.07, 6.45) is 3.72. The van der Waals surface area contributed by atoms with Crippen LogP contribution in [0.4, 0.5) is 0 Å². The molecular formula is C21H27N5O. The Kier molecular flexibility index (Phi) is 5.96. The predicted molar refractivity (Wildman–Crippen MR) is 108 cm³/mol. The molecule has 0 amide bonds. The summed E-state index contributed by atoms with van der Waals surface area (Å²) < 4.78 is 7.45. The van der Waals surface area contributed by atoms with E-state index in [-0.39, 0.29) is 6.04 Å². The minimum atomic E-state index is 0.102. The number of aromatic nitrogens is 2. The van der Waals surface area contributed by atoms with Crippen molar-refractivity contribution in [1.29, 1.82) is 0 Å². The van der Waals surface area contributed by atoms with Crippen molar-refractivity contribution in [3.8, 4) is 5.69 Å². The van der Waals surface area contributed by atoms with E-state index in [2.05, 4.69) is 41.7 Å². The third-order valence-corrected chi connectivity index (χ3v) is 4.39. The van der Waals surface area contributed by atoms with Crippen LogP contribution in [0.5, 0.6) is 0 Å². The Balaban J connectivity index is 1.73. The Bertz CT molecular complexity index is 895. The molecule has 0 spiro atoms. The van der Waals surface area contributed by atoms with E-state index in [1.54, 1.807) is 6.20 Å². The van der Waals surface area contributed by atoms with E-state index in [0.717, 1.165) is 35.3 Å². The molecule has 2 N–H and O–H groups in total. The first-order valence-corrected chi connectivity index (χ1v) is 9.27.